The molecular weight excluding hydrogens is 176 g/mol. The van der Waals surface area contributed by atoms with Crippen molar-refractivity contribution < 1.29 is 4.84 Å². The number of nitrogens with zero attached hydrogens (tertiary/aromatic N) is 2. The fourth-order valence-corrected chi connectivity index (χ4v) is 1.49. The molecule has 0 N–H and O–H groups in total. The third-order valence-electron chi connectivity index (χ3n) is 2.37. The monoisotopic (exact) mass is 190 g/mol. The van der Waals surface area contributed by atoms with Crippen LogP contribution in [0.25, 0.3) is 0 Å². The minimum absolute atomic E-state index is 0.944. The molecule has 0 radical (unpaired) electrons. The van der Waals surface area contributed by atoms with Crippen molar-refractivity contribution in [1.82, 2.24) is 4.90 Å². The summed E-state index contributed by atoms with van der Waals surface area (Å²) in [7, 11) is 1.59. The van der Waals surface area contributed by atoms with Crippen LogP contribution in [0.15, 0.2) is 35.5 Å². The molecule has 0 amide bonds. The number of amidine groups is 1. The van der Waals surface area contributed by atoms with Crippen LogP contribution in [-0.4, -0.2) is 30.9 Å². The molecule has 1 fully saturated rings. The summed E-state index contributed by atoms with van der Waals surface area (Å²) in [6.07, 6.45) is 1.25. The van der Waals surface area contributed by atoms with Gasteiger partial charge in [-0.25, -0.2) is 0 Å². The molecule has 3 heteroatoms. The van der Waals surface area contributed by atoms with Gasteiger partial charge in [-0.15, -0.1) is 0 Å². The summed E-state index contributed by atoms with van der Waals surface area (Å²) in [5.41, 5.74) is 1.12. The quantitative estimate of drug-likeness (QED) is 0.403. The van der Waals surface area contributed by atoms with Crippen molar-refractivity contribution in [3.05, 3.63) is 35.9 Å². The smallest absolute Gasteiger partial charge is 0.175 e. The Hall–Kier alpha value is -1.51. The second kappa shape index (κ2) is 4.13. The summed E-state index contributed by atoms with van der Waals surface area (Å²) in [6, 6.07) is 10.1. The van der Waals surface area contributed by atoms with Crippen molar-refractivity contribution in [2.45, 2.75) is 6.42 Å². The lowest BCUT2D eigenvalue weighted by Crippen LogP contribution is -2.42. The first-order valence-corrected chi connectivity index (χ1v) is 4.83. The van der Waals surface area contributed by atoms with Crippen LogP contribution in [0.5, 0.6) is 0 Å². The van der Waals surface area contributed by atoms with E-state index in [0.717, 1.165) is 24.5 Å². The summed E-state index contributed by atoms with van der Waals surface area (Å²) in [5, 5.41) is 4.06. The number of hydrogen-bond donors (Lipinski definition) is 0. The third kappa shape index (κ3) is 1.71. The number of hydrogen-bond acceptors (Lipinski definition) is 2. The molecule has 0 atom stereocenters. The van der Waals surface area contributed by atoms with Crippen LogP contribution < -0.4 is 0 Å². The van der Waals surface area contributed by atoms with Gasteiger partial charge in [0.15, 0.2) is 5.84 Å². The molecule has 0 saturated carbocycles. The largest absolute Gasteiger partial charge is 0.397 e. The average Bonchev–Trinajstić information content (AvgIpc) is 2.16. The standard InChI is InChI=1S/C11H14N2O/c1-14-12-11(13-8-5-9-13)10-6-3-2-4-7-10/h2-4,6-7H,5,8-9H2,1H3/b12-11-. The molecule has 1 aliphatic rings. The van der Waals surface area contributed by atoms with E-state index in [-0.39, 0.29) is 0 Å². The van der Waals surface area contributed by atoms with E-state index in [0.29, 0.717) is 0 Å². The van der Waals surface area contributed by atoms with Gasteiger partial charge in [0.2, 0.25) is 0 Å². The van der Waals surface area contributed by atoms with Crippen molar-refractivity contribution >= 4 is 5.84 Å². The Morgan fingerprint density at radius 1 is 1.29 bits per heavy atom. The first kappa shape index (κ1) is 9.06. The van der Waals surface area contributed by atoms with Crippen molar-refractivity contribution in [2.24, 2.45) is 5.16 Å². The molecule has 1 aliphatic heterocycles. The lowest BCUT2D eigenvalue weighted by molar-refractivity contribution is 0.197. The number of benzene rings is 1. The second-order valence-corrected chi connectivity index (χ2v) is 3.30. The van der Waals surface area contributed by atoms with Gasteiger partial charge in [0.1, 0.15) is 7.11 Å². The van der Waals surface area contributed by atoms with E-state index in [1.54, 1.807) is 7.11 Å². The topological polar surface area (TPSA) is 24.8 Å². The molecule has 0 aliphatic carbocycles. The normalized spacial score (nSPS) is 16.4. The van der Waals surface area contributed by atoms with E-state index in [9.17, 15) is 0 Å². The van der Waals surface area contributed by atoms with Crippen LogP contribution in [0.2, 0.25) is 0 Å². The van der Waals surface area contributed by atoms with Gasteiger partial charge in [0.05, 0.1) is 0 Å². The van der Waals surface area contributed by atoms with Crippen molar-refractivity contribution in [3.8, 4) is 0 Å². The number of oxime groups is 1. The van der Waals surface area contributed by atoms with E-state index in [1.165, 1.54) is 6.42 Å². The van der Waals surface area contributed by atoms with Gasteiger partial charge >= 0.3 is 0 Å². The summed E-state index contributed by atoms with van der Waals surface area (Å²) in [6.45, 7) is 2.16. The summed E-state index contributed by atoms with van der Waals surface area (Å²) in [4.78, 5) is 7.08. The zero-order valence-corrected chi connectivity index (χ0v) is 8.31. The summed E-state index contributed by atoms with van der Waals surface area (Å²) < 4.78 is 0. The van der Waals surface area contributed by atoms with Crippen LogP contribution in [-0.2, 0) is 4.84 Å². The average molecular weight is 190 g/mol. The molecule has 2 rings (SSSR count). The predicted molar refractivity (Wildman–Crippen MR) is 56.2 cm³/mol. The van der Waals surface area contributed by atoms with Crippen LogP contribution in [0.3, 0.4) is 0 Å². The van der Waals surface area contributed by atoms with Gasteiger partial charge in [0, 0.05) is 18.7 Å². The van der Waals surface area contributed by atoms with Crippen LogP contribution in [0.4, 0.5) is 0 Å². The highest BCUT2D eigenvalue weighted by Crippen LogP contribution is 2.13. The maximum atomic E-state index is 4.86. The fourth-order valence-electron chi connectivity index (χ4n) is 1.49. The molecule has 3 nitrogen and oxygen atoms in total. The predicted octanol–water partition coefficient (Wildman–Crippen LogP) is 1.70. The maximum absolute atomic E-state index is 4.86. The van der Waals surface area contributed by atoms with Crippen molar-refractivity contribution in [1.29, 1.82) is 0 Å². The second-order valence-electron chi connectivity index (χ2n) is 3.30. The van der Waals surface area contributed by atoms with Gasteiger partial charge in [0.25, 0.3) is 0 Å². The van der Waals surface area contributed by atoms with Crippen LogP contribution >= 0.6 is 0 Å². The highest BCUT2D eigenvalue weighted by molar-refractivity contribution is 5.98. The Morgan fingerprint density at radius 2 is 2.00 bits per heavy atom. The van der Waals surface area contributed by atoms with E-state index < -0.39 is 0 Å². The molecule has 1 heterocycles. The van der Waals surface area contributed by atoms with Crippen molar-refractivity contribution in [2.75, 3.05) is 20.2 Å². The molecule has 14 heavy (non-hydrogen) atoms. The zero-order chi connectivity index (χ0) is 9.80. The van der Waals surface area contributed by atoms with E-state index in [1.807, 2.05) is 18.2 Å². The van der Waals surface area contributed by atoms with Crippen LogP contribution in [0.1, 0.15) is 12.0 Å². The highest BCUT2D eigenvalue weighted by Gasteiger charge is 2.20. The Kier molecular flexibility index (Phi) is 2.68. The minimum atomic E-state index is 0.944. The SMILES string of the molecule is CO/N=C(/c1ccccc1)N1CCC1. The Labute approximate surface area is 84.0 Å². The van der Waals surface area contributed by atoms with Crippen LogP contribution in [0, 0.1) is 0 Å². The molecule has 0 spiro atoms. The van der Waals surface area contributed by atoms with Gasteiger partial charge in [-0.05, 0) is 6.42 Å². The number of rotatable bonds is 2. The minimum Gasteiger partial charge on any atom is -0.397 e. The maximum Gasteiger partial charge on any atom is 0.175 e. The molecule has 1 aromatic carbocycles. The van der Waals surface area contributed by atoms with E-state index in [2.05, 4.69) is 22.2 Å². The molecule has 0 unspecified atom stereocenters. The zero-order valence-electron chi connectivity index (χ0n) is 8.31. The lowest BCUT2D eigenvalue weighted by atomic mass is 10.1. The fraction of sp³-hybridized carbons (Fsp3) is 0.364. The van der Waals surface area contributed by atoms with E-state index in [4.69, 9.17) is 4.84 Å². The van der Waals surface area contributed by atoms with Gasteiger partial charge < -0.3 is 9.74 Å². The Balaban J connectivity index is 2.22. The lowest BCUT2D eigenvalue weighted by Gasteiger charge is -2.33. The molecule has 74 valence electrons. The van der Waals surface area contributed by atoms with E-state index >= 15 is 0 Å². The molecular formula is C11H14N2O. The summed E-state index contributed by atoms with van der Waals surface area (Å²) in [5.74, 6) is 0.944. The van der Waals surface area contributed by atoms with Gasteiger partial charge in [-0.2, -0.15) is 0 Å². The highest BCUT2D eigenvalue weighted by atomic mass is 16.6. The first-order valence-electron chi connectivity index (χ1n) is 4.83. The van der Waals surface area contributed by atoms with Gasteiger partial charge in [-0.3, -0.25) is 0 Å². The van der Waals surface area contributed by atoms with Gasteiger partial charge in [-0.1, -0.05) is 35.5 Å². The Morgan fingerprint density at radius 3 is 2.50 bits per heavy atom. The van der Waals surface area contributed by atoms with Crippen molar-refractivity contribution in [3.63, 3.8) is 0 Å². The molecule has 0 bridgehead atoms. The Bertz CT molecular complexity index is 317. The molecule has 1 aromatic rings. The molecule has 1 saturated heterocycles. The summed E-state index contributed by atoms with van der Waals surface area (Å²) >= 11 is 0. The first-order chi connectivity index (χ1) is 6.92. The molecule has 0 aromatic heterocycles. The number of likely N-dealkylation sites (tertiary alicyclic amines) is 1. The third-order valence-corrected chi connectivity index (χ3v) is 2.37.